The molecular formula is C19H15ClFNO3. The van der Waals surface area contributed by atoms with Gasteiger partial charge in [-0.05, 0) is 55.0 Å². The summed E-state index contributed by atoms with van der Waals surface area (Å²) in [7, 11) is 0. The number of nitrogens with zero attached hydrogens (tertiary/aromatic N) is 1. The number of ether oxygens (including phenoxy) is 1. The number of carbonyl (C=O) groups excluding carboxylic acids is 1. The lowest BCUT2D eigenvalue weighted by Gasteiger charge is -2.06. The fraction of sp³-hybridized carbons (Fsp3) is 0.158. The third-order valence-corrected chi connectivity index (χ3v) is 3.82. The van der Waals surface area contributed by atoms with Crippen LogP contribution in [-0.4, -0.2) is 11.0 Å². The second-order valence-electron chi connectivity index (χ2n) is 5.51. The molecule has 0 N–H and O–H groups in total. The van der Waals surface area contributed by atoms with Crippen LogP contribution < -0.4 is 4.74 Å². The number of benzene rings is 2. The Labute approximate surface area is 149 Å². The predicted molar refractivity (Wildman–Crippen MR) is 92.0 cm³/mol. The van der Waals surface area contributed by atoms with E-state index in [4.69, 9.17) is 20.8 Å². The molecule has 128 valence electrons. The van der Waals surface area contributed by atoms with Gasteiger partial charge in [0, 0.05) is 17.0 Å². The lowest BCUT2D eigenvalue weighted by Crippen LogP contribution is -2.09. The molecule has 1 aromatic heterocycles. The van der Waals surface area contributed by atoms with E-state index in [1.165, 1.54) is 12.1 Å². The molecule has 3 rings (SSSR count). The summed E-state index contributed by atoms with van der Waals surface area (Å²) < 4.78 is 23.9. The molecule has 0 atom stereocenters. The molecule has 6 heteroatoms. The van der Waals surface area contributed by atoms with Gasteiger partial charge in [-0.1, -0.05) is 11.6 Å². The largest absolute Gasteiger partial charge is 0.441 e. The number of hydrogen-bond donors (Lipinski definition) is 0. The maximum absolute atomic E-state index is 12.9. The second kappa shape index (κ2) is 7.49. The third-order valence-electron chi connectivity index (χ3n) is 3.59. The van der Waals surface area contributed by atoms with Gasteiger partial charge in [-0.2, -0.15) is 0 Å². The Balaban J connectivity index is 1.58. The van der Waals surface area contributed by atoms with Crippen molar-refractivity contribution in [1.82, 2.24) is 4.98 Å². The highest BCUT2D eigenvalue weighted by Gasteiger charge is 2.12. The minimum Gasteiger partial charge on any atom is -0.441 e. The zero-order valence-electron chi connectivity index (χ0n) is 13.5. The highest BCUT2D eigenvalue weighted by Crippen LogP contribution is 2.23. The summed E-state index contributed by atoms with van der Waals surface area (Å²) in [6, 6.07) is 11.0. The quantitative estimate of drug-likeness (QED) is 0.476. The molecule has 0 aliphatic carbocycles. The molecule has 0 aliphatic heterocycles. The topological polar surface area (TPSA) is 52.3 Å². The molecule has 0 aliphatic rings. The van der Waals surface area contributed by atoms with Crippen LogP contribution in [0.15, 0.2) is 53.1 Å². The number of hydrogen-bond acceptors (Lipinski definition) is 4. The van der Waals surface area contributed by atoms with E-state index in [1.54, 1.807) is 36.5 Å². The number of carbonyl (C=O) groups is 1. The van der Waals surface area contributed by atoms with Crippen molar-refractivity contribution in [1.29, 1.82) is 0 Å². The van der Waals surface area contributed by atoms with Crippen LogP contribution in [0.25, 0.3) is 11.3 Å². The second-order valence-corrected chi connectivity index (χ2v) is 5.95. The fourth-order valence-corrected chi connectivity index (χ4v) is 2.51. The number of esters is 1. The van der Waals surface area contributed by atoms with Gasteiger partial charge in [-0.15, -0.1) is 0 Å². The van der Waals surface area contributed by atoms with Gasteiger partial charge in [0.05, 0.1) is 12.6 Å². The molecule has 0 spiro atoms. The van der Waals surface area contributed by atoms with Crippen molar-refractivity contribution in [3.05, 3.63) is 71.0 Å². The summed E-state index contributed by atoms with van der Waals surface area (Å²) in [5.74, 6) is 0.727. The van der Waals surface area contributed by atoms with Crippen molar-refractivity contribution < 1.29 is 18.3 Å². The fourth-order valence-electron chi connectivity index (χ4n) is 2.28. The zero-order valence-corrected chi connectivity index (χ0v) is 14.2. The van der Waals surface area contributed by atoms with Gasteiger partial charge in [0.25, 0.3) is 0 Å². The SMILES string of the molecule is Cc1cc(Cl)ccc1OC(=O)CCc1ncc(-c2ccc(F)cc2)o1. The van der Waals surface area contributed by atoms with Crippen LogP contribution in [0.2, 0.25) is 5.02 Å². The summed E-state index contributed by atoms with van der Waals surface area (Å²) in [6.07, 6.45) is 2.00. The third kappa shape index (κ3) is 4.45. The number of halogens is 2. The lowest BCUT2D eigenvalue weighted by molar-refractivity contribution is -0.134. The Kier molecular flexibility index (Phi) is 5.14. The Morgan fingerprint density at radius 3 is 2.72 bits per heavy atom. The van der Waals surface area contributed by atoms with E-state index in [9.17, 15) is 9.18 Å². The average molecular weight is 360 g/mol. The van der Waals surface area contributed by atoms with Crippen molar-refractivity contribution >= 4 is 17.6 Å². The van der Waals surface area contributed by atoms with Crippen LogP contribution in [-0.2, 0) is 11.2 Å². The number of aryl methyl sites for hydroxylation is 2. The monoisotopic (exact) mass is 359 g/mol. The molecule has 0 saturated heterocycles. The van der Waals surface area contributed by atoms with Crippen molar-refractivity contribution in [2.75, 3.05) is 0 Å². The zero-order chi connectivity index (χ0) is 17.8. The van der Waals surface area contributed by atoms with E-state index in [1.807, 2.05) is 6.92 Å². The molecule has 0 radical (unpaired) electrons. The van der Waals surface area contributed by atoms with Crippen LogP contribution in [0.3, 0.4) is 0 Å². The molecule has 25 heavy (non-hydrogen) atoms. The number of rotatable bonds is 5. The van der Waals surface area contributed by atoms with E-state index in [2.05, 4.69) is 4.98 Å². The maximum Gasteiger partial charge on any atom is 0.311 e. The maximum atomic E-state index is 12.9. The van der Waals surface area contributed by atoms with E-state index in [0.29, 0.717) is 28.8 Å². The van der Waals surface area contributed by atoms with Crippen molar-refractivity contribution in [2.45, 2.75) is 19.8 Å². The molecule has 1 heterocycles. The first-order valence-electron chi connectivity index (χ1n) is 7.69. The van der Waals surface area contributed by atoms with Crippen LogP contribution in [0.4, 0.5) is 4.39 Å². The van der Waals surface area contributed by atoms with Gasteiger partial charge in [0.1, 0.15) is 11.6 Å². The predicted octanol–water partition coefficient (Wildman–Crippen LogP) is 4.98. The average Bonchev–Trinajstić information content (AvgIpc) is 3.05. The summed E-state index contributed by atoms with van der Waals surface area (Å²) in [6.45, 7) is 1.82. The smallest absolute Gasteiger partial charge is 0.311 e. The Morgan fingerprint density at radius 2 is 2.00 bits per heavy atom. The van der Waals surface area contributed by atoms with Gasteiger partial charge in [0.2, 0.25) is 0 Å². The Bertz CT molecular complexity index is 890. The summed E-state index contributed by atoms with van der Waals surface area (Å²) in [5, 5.41) is 0.588. The van der Waals surface area contributed by atoms with Crippen LogP contribution in [0.1, 0.15) is 17.9 Å². The molecule has 0 amide bonds. The van der Waals surface area contributed by atoms with E-state index in [0.717, 1.165) is 11.1 Å². The molecule has 0 bridgehead atoms. The van der Waals surface area contributed by atoms with Crippen molar-refractivity contribution in [2.24, 2.45) is 0 Å². The standard InChI is InChI=1S/C19H15ClFNO3/c1-12-10-14(20)4-7-16(12)25-19(23)9-8-18-22-11-17(24-18)13-2-5-15(21)6-3-13/h2-7,10-11H,8-9H2,1H3. The Morgan fingerprint density at radius 1 is 1.24 bits per heavy atom. The van der Waals surface area contributed by atoms with Gasteiger partial charge < -0.3 is 9.15 Å². The summed E-state index contributed by atoms with van der Waals surface area (Å²) in [4.78, 5) is 16.1. The van der Waals surface area contributed by atoms with Gasteiger partial charge in [-0.3, -0.25) is 4.79 Å². The van der Waals surface area contributed by atoms with Crippen molar-refractivity contribution in [3.63, 3.8) is 0 Å². The van der Waals surface area contributed by atoms with E-state index >= 15 is 0 Å². The lowest BCUT2D eigenvalue weighted by atomic mass is 10.2. The van der Waals surface area contributed by atoms with Gasteiger partial charge >= 0.3 is 5.97 Å². The van der Waals surface area contributed by atoms with Crippen LogP contribution >= 0.6 is 11.6 Å². The van der Waals surface area contributed by atoms with Crippen molar-refractivity contribution in [3.8, 4) is 17.1 Å². The molecule has 3 aromatic rings. The van der Waals surface area contributed by atoms with E-state index in [-0.39, 0.29) is 18.2 Å². The Hall–Kier alpha value is -2.66. The number of oxazole rings is 1. The first kappa shape index (κ1) is 17.2. The molecule has 0 unspecified atom stereocenters. The minimum absolute atomic E-state index is 0.130. The van der Waals surface area contributed by atoms with Crippen LogP contribution in [0, 0.1) is 12.7 Å². The molecule has 4 nitrogen and oxygen atoms in total. The first-order valence-corrected chi connectivity index (χ1v) is 8.06. The molecule has 0 fully saturated rings. The summed E-state index contributed by atoms with van der Waals surface area (Å²) >= 11 is 5.87. The molecule has 0 saturated carbocycles. The van der Waals surface area contributed by atoms with Gasteiger partial charge in [-0.25, -0.2) is 9.37 Å². The molecular weight excluding hydrogens is 345 g/mol. The van der Waals surface area contributed by atoms with E-state index < -0.39 is 0 Å². The molecule has 2 aromatic carbocycles. The van der Waals surface area contributed by atoms with Crippen LogP contribution in [0.5, 0.6) is 5.75 Å². The minimum atomic E-state index is -0.382. The first-order chi connectivity index (χ1) is 12.0. The summed E-state index contributed by atoms with van der Waals surface area (Å²) in [5.41, 5.74) is 1.51. The highest BCUT2D eigenvalue weighted by molar-refractivity contribution is 6.30. The number of aromatic nitrogens is 1. The normalized spacial score (nSPS) is 10.7. The van der Waals surface area contributed by atoms with Gasteiger partial charge in [0.15, 0.2) is 11.7 Å². The highest BCUT2D eigenvalue weighted by atomic mass is 35.5.